The number of H-pyrrole nitrogens is 1. The van der Waals surface area contributed by atoms with Crippen LogP contribution < -0.4 is 5.69 Å². The standard InChI is InChI=1S/C10H19N3OS/c1-3-5-7-13-9(14)11-12-10(13)15-8-6-4-2/h3-8H2,1-2H3,(H,11,14). The van der Waals surface area contributed by atoms with Crippen molar-refractivity contribution in [3.8, 4) is 0 Å². The van der Waals surface area contributed by atoms with Crippen molar-refractivity contribution in [2.75, 3.05) is 5.75 Å². The Morgan fingerprint density at radius 1 is 1.33 bits per heavy atom. The Morgan fingerprint density at radius 3 is 2.73 bits per heavy atom. The molecular weight excluding hydrogens is 210 g/mol. The number of aromatic nitrogens is 3. The highest BCUT2D eigenvalue weighted by Crippen LogP contribution is 2.15. The molecule has 0 aromatic carbocycles. The van der Waals surface area contributed by atoms with Crippen molar-refractivity contribution in [1.29, 1.82) is 0 Å². The summed E-state index contributed by atoms with van der Waals surface area (Å²) in [5.41, 5.74) is -0.0811. The molecule has 0 unspecified atom stereocenters. The fraction of sp³-hybridized carbons (Fsp3) is 0.800. The molecule has 15 heavy (non-hydrogen) atoms. The molecule has 0 amide bonds. The number of hydrogen-bond acceptors (Lipinski definition) is 3. The Labute approximate surface area is 94.5 Å². The van der Waals surface area contributed by atoms with E-state index in [1.165, 1.54) is 12.8 Å². The van der Waals surface area contributed by atoms with Gasteiger partial charge in [-0.15, -0.1) is 5.10 Å². The van der Waals surface area contributed by atoms with Crippen LogP contribution in [0, 0.1) is 0 Å². The summed E-state index contributed by atoms with van der Waals surface area (Å²) in [5, 5.41) is 7.37. The van der Waals surface area contributed by atoms with Crippen LogP contribution in [0.5, 0.6) is 0 Å². The average molecular weight is 229 g/mol. The van der Waals surface area contributed by atoms with E-state index < -0.39 is 0 Å². The van der Waals surface area contributed by atoms with Crippen molar-refractivity contribution in [2.45, 2.75) is 51.2 Å². The van der Waals surface area contributed by atoms with Gasteiger partial charge in [0, 0.05) is 12.3 Å². The van der Waals surface area contributed by atoms with Crippen LogP contribution in [0.15, 0.2) is 9.95 Å². The first-order valence-electron chi connectivity index (χ1n) is 5.57. The van der Waals surface area contributed by atoms with E-state index >= 15 is 0 Å². The maximum Gasteiger partial charge on any atom is 0.343 e. The van der Waals surface area contributed by atoms with E-state index in [9.17, 15) is 4.79 Å². The maximum absolute atomic E-state index is 11.4. The van der Waals surface area contributed by atoms with Gasteiger partial charge < -0.3 is 0 Å². The zero-order chi connectivity index (χ0) is 11.1. The van der Waals surface area contributed by atoms with Gasteiger partial charge in [0.2, 0.25) is 0 Å². The van der Waals surface area contributed by atoms with E-state index in [-0.39, 0.29) is 5.69 Å². The van der Waals surface area contributed by atoms with E-state index in [1.807, 2.05) is 0 Å². The molecule has 1 aromatic heterocycles. The molecule has 0 spiro atoms. The lowest BCUT2D eigenvalue weighted by Gasteiger charge is -2.03. The molecule has 1 aromatic rings. The fourth-order valence-electron chi connectivity index (χ4n) is 1.23. The summed E-state index contributed by atoms with van der Waals surface area (Å²) >= 11 is 1.66. The predicted octanol–water partition coefficient (Wildman–Crippen LogP) is 2.26. The van der Waals surface area contributed by atoms with Crippen molar-refractivity contribution < 1.29 is 0 Å². The lowest BCUT2D eigenvalue weighted by Crippen LogP contribution is -2.17. The van der Waals surface area contributed by atoms with Crippen LogP contribution in [0.1, 0.15) is 39.5 Å². The van der Waals surface area contributed by atoms with Crippen LogP contribution in [-0.4, -0.2) is 20.5 Å². The summed E-state index contributed by atoms with van der Waals surface area (Å²) in [5.74, 6) is 1.03. The molecule has 1 rings (SSSR count). The molecule has 0 saturated carbocycles. The Bertz CT molecular complexity index is 332. The van der Waals surface area contributed by atoms with Gasteiger partial charge in [-0.2, -0.15) is 0 Å². The highest BCUT2D eigenvalue weighted by Gasteiger charge is 2.07. The largest absolute Gasteiger partial charge is 0.343 e. The summed E-state index contributed by atoms with van der Waals surface area (Å²) in [4.78, 5) is 11.4. The monoisotopic (exact) mass is 229 g/mol. The number of nitrogens with zero attached hydrogens (tertiary/aromatic N) is 2. The van der Waals surface area contributed by atoms with Gasteiger partial charge >= 0.3 is 5.69 Å². The van der Waals surface area contributed by atoms with Gasteiger partial charge in [0.15, 0.2) is 5.16 Å². The highest BCUT2D eigenvalue weighted by molar-refractivity contribution is 7.99. The van der Waals surface area contributed by atoms with E-state index in [0.717, 1.165) is 30.3 Å². The van der Waals surface area contributed by atoms with Crippen LogP contribution in [-0.2, 0) is 6.54 Å². The van der Waals surface area contributed by atoms with Crippen LogP contribution in [0.2, 0.25) is 0 Å². The lowest BCUT2D eigenvalue weighted by molar-refractivity contribution is 0.573. The van der Waals surface area contributed by atoms with Crippen LogP contribution in [0.3, 0.4) is 0 Å². The molecule has 0 bridgehead atoms. The molecule has 0 saturated heterocycles. The molecule has 5 heteroatoms. The van der Waals surface area contributed by atoms with Crippen molar-refractivity contribution >= 4 is 11.8 Å². The first kappa shape index (κ1) is 12.4. The summed E-state index contributed by atoms with van der Waals surface area (Å²) < 4.78 is 1.74. The number of aromatic amines is 1. The molecule has 0 aliphatic carbocycles. The Balaban J connectivity index is 2.58. The molecular formula is C10H19N3OS. The fourth-order valence-corrected chi connectivity index (χ4v) is 2.29. The van der Waals surface area contributed by atoms with Crippen molar-refractivity contribution in [3.05, 3.63) is 10.5 Å². The Morgan fingerprint density at radius 2 is 2.07 bits per heavy atom. The van der Waals surface area contributed by atoms with Gasteiger partial charge in [0.25, 0.3) is 0 Å². The first-order valence-corrected chi connectivity index (χ1v) is 6.56. The van der Waals surface area contributed by atoms with Crippen molar-refractivity contribution in [3.63, 3.8) is 0 Å². The molecule has 0 aliphatic heterocycles. The first-order chi connectivity index (χ1) is 7.29. The van der Waals surface area contributed by atoms with Gasteiger partial charge in [-0.3, -0.25) is 4.57 Å². The van der Waals surface area contributed by atoms with Crippen LogP contribution >= 0.6 is 11.8 Å². The smallest absolute Gasteiger partial charge is 0.270 e. The van der Waals surface area contributed by atoms with Gasteiger partial charge in [-0.05, 0) is 12.8 Å². The minimum atomic E-state index is -0.0811. The molecule has 0 fully saturated rings. The Hall–Kier alpha value is -0.710. The Kier molecular flexibility index (Phi) is 5.53. The number of thioether (sulfide) groups is 1. The SMILES string of the molecule is CCCCSc1n[nH]c(=O)n1CCCC. The molecule has 1 N–H and O–H groups in total. The normalized spacial score (nSPS) is 10.8. The van der Waals surface area contributed by atoms with Gasteiger partial charge in [-0.1, -0.05) is 38.5 Å². The third-order valence-electron chi connectivity index (χ3n) is 2.19. The predicted molar refractivity (Wildman–Crippen MR) is 63.4 cm³/mol. The van der Waals surface area contributed by atoms with E-state index in [1.54, 1.807) is 16.3 Å². The highest BCUT2D eigenvalue weighted by atomic mass is 32.2. The summed E-state index contributed by atoms with van der Waals surface area (Å²) in [7, 11) is 0. The van der Waals surface area contributed by atoms with E-state index in [4.69, 9.17) is 0 Å². The molecule has 1 heterocycles. The van der Waals surface area contributed by atoms with Crippen molar-refractivity contribution in [2.24, 2.45) is 0 Å². The molecule has 0 atom stereocenters. The third kappa shape index (κ3) is 3.74. The second kappa shape index (κ2) is 6.71. The third-order valence-corrected chi connectivity index (χ3v) is 3.25. The quantitative estimate of drug-likeness (QED) is 0.576. The minimum absolute atomic E-state index is 0.0811. The molecule has 4 nitrogen and oxygen atoms in total. The molecule has 86 valence electrons. The number of unbranched alkanes of at least 4 members (excludes halogenated alkanes) is 2. The number of hydrogen-bond donors (Lipinski definition) is 1. The number of nitrogens with one attached hydrogen (secondary N) is 1. The molecule has 0 radical (unpaired) electrons. The zero-order valence-electron chi connectivity index (χ0n) is 9.45. The summed E-state index contributed by atoms with van der Waals surface area (Å²) in [6, 6.07) is 0. The van der Waals surface area contributed by atoms with Crippen LogP contribution in [0.25, 0.3) is 0 Å². The lowest BCUT2D eigenvalue weighted by atomic mass is 10.3. The minimum Gasteiger partial charge on any atom is -0.270 e. The summed E-state index contributed by atoms with van der Waals surface area (Å²) in [6.07, 6.45) is 4.47. The maximum atomic E-state index is 11.4. The average Bonchev–Trinajstić information content (AvgIpc) is 2.58. The zero-order valence-corrected chi connectivity index (χ0v) is 10.3. The topological polar surface area (TPSA) is 50.7 Å². The second-order valence-corrected chi connectivity index (χ2v) is 4.58. The van der Waals surface area contributed by atoms with Crippen LogP contribution in [0.4, 0.5) is 0 Å². The summed E-state index contributed by atoms with van der Waals surface area (Å²) in [6.45, 7) is 5.06. The van der Waals surface area contributed by atoms with E-state index in [0.29, 0.717) is 0 Å². The second-order valence-electron chi connectivity index (χ2n) is 3.52. The van der Waals surface area contributed by atoms with Gasteiger partial charge in [0.05, 0.1) is 0 Å². The van der Waals surface area contributed by atoms with Crippen molar-refractivity contribution in [1.82, 2.24) is 14.8 Å². The van der Waals surface area contributed by atoms with Gasteiger partial charge in [0.1, 0.15) is 0 Å². The van der Waals surface area contributed by atoms with E-state index in [2.05, 4.69) is 24.0 Å². The number of rotatable bonds is 7. The molecule has 0 aliphatic rings. The van der Waals surface area contributed by atoms with Gasteiger partial charge in [-0.25, -0.2) is 9.89 Å².